The molecule has 2 unspecified atom stereocenters. The van der Waals surface area contributed by atoms with E-state index in [1.54, 1.807) is 13.0 Å². The Morgan fingerprint density at radius 1 is 1.45 bits per heavy atom. The summed E-state index contributed by atoms with van der Waals surface area (Å²) >= 11 is 1.34. The lowest BCUT2D eigenvalue weighted by Gasteiger charge is -2.28. The van der Waals surface area contributed by atoms with E-state index in [1.807, 2.05) is 0 Å². The summed E-state index contributed by atoms with van der Waals surface area (Å²) in [6.07, 6.45) is 5.28. The highest BCUT2D eigenvalue weighted by Gasteiger charge is 2.27. The minimum Gasteiger partial charge on any atom is -0.391 e. The normalized spacial score (nSPS) is 23.9. The van der Waals surface area contributed by atoms with E-state index in [9.17, 15) is 8.42 Å². The van der Waals surface area contributed by atoms with Crippen molar-refractivity contribution in [2.75, 3.05) is 0 Å². The predicted octanol–water partition coefficient (Wildman–Crippen LogP) is 2.80. The zero-order valence-electron chi connectivity index (χ0n) is 12.1. The summed E-state index contributed by atoms with van der Waals surface area (Å²) in [5.74, 6) is 0.632. The van der Waals surface area contributed by atoms with Gasteiger partial charge in [0.2, 0.25) is 10.0 Å². The summed E-state index contributed by atoms with van der Waals surface area (Å²) in [4.78, 5) is 1.76. The van der Waals surface area contributed by atoms with E-state index >= 15 is 0 Å². The Labute approximate surface area is 125 Å². The molecule has 1 saturated carbocycles. The minimum atomic E-state index is -3.46. The number of hydrogen-bond acceptors (Lipinski definition) is 4. The highest BCUT2D eigenvalue weighted by molar-refractivity contribution is 7.89. The molecule has 1 fully saturated rings. The first-order chi connectivity index (χ1) is 9.46. The van der Waals surface area contributed by atoms with Gasteiger partial charge in [0, 0.05) is 15.8 Å². The van der Waals surface area contributed by atoms with Gasteiger partial charge < -0.3 is 5.11 Å². The number of nitrogens with one attached hydrogen (secondary N) is 1. The lowest BCUT2D eigenvalue weighted by Crippen LogP contribution is -2.38. The molecule has 2 atom stereocenters. The Balaban J connectivity index is 2.12. The summed E-state index contributed by atoms with van der Waals surface area (Å²) in [5.41, 5.74) is 0. The average molecular weight is 317 g/mol. The monoisotopic (exact) mass is 317 g/mol. The van der Waals surface area contributed by atoms with E-state index in [0.717, 1.165) is 30.6 Å². The number of hydrogen-bond donors (Lipinski definition) is 2. The second kappa shape index (κ2) is 6.56. The summed E-state index contributed by atoms with van der Waals surface area (Å²) in [7, 11) is -3.46. The maximum absolute atomic E-state index is 12.5. The molecule has 4 nitrogen and oxygen atoms in total. The summed E-state index contributed by atoms with van der Waals surface area (Å²) in [5, 5.41) is 9.12. The van der Waals surface area contributed by atoms with Gasteiger partial charge in [0.15, 0.2) is 0 Å². The number of rotatable bonds is 5. The van der Waals surface area contributed by atoms with Crippen molar-refractivity contribution in [1.29, 1.82) is 0 Å². The molecule has 114 valence electrons. The lowest BCUT2D eigenvalue weighted by atomic mass is 9.85. The topological polar surface area (TPSA) is 66.4 Å². The fourth-order valence-electron chi connectivity index (χ4n) is 2.92. The Kier molecular flexibility index (Phi) is 5.23. The molecule has 1 heterocycles. The van der Waals surface area contributed by atoms with Gasteiger partial charge in [-0.3, -0.25) is 0 Å². The van der Waals surface area contributed by atoms with Gasteiger partial charge in [-0.1, -0.05) is 26.2 Å². The van der Waals surface area contributed by atoms with Gasteiger partial charge in [-0.25, -0.2) is 13.1 Å². The van der Waals surface area contributed by atoms with Crippen molar-refractivity contribution in [1.82, 2.24) is 4.72 Å². The second-order valence-corrected chi connectivity index (χ2v) is 8.57. The highest BCUT2D eigenvalue weighted by atomic mass is 32.2. The van der Waals surface area contributed by atoms with Gasteiger partial charge >= 0.3 is 0 Å². The SMILES string of the molecule is CCC1CCCC(NS(=O)(=O)c2cc(CO)sc2C)C1. The molecule has 2 N–H and O–H groups in total. The maximum Gasteiger partial charge on any atom is 0.241 e. The van der Waals surface area contributed by atoms with Gasteiger partial charge in [0.05, 0.1) is 11.5 Å². The molecule has 0 bridgehead atoms. The average Bonchev–Trinajstić information content (AvgIpc) is 2.80. The maximum atomic E-state index is 12.5. The molecule has 0 aliphatic heterocycles. The summed E-state index contributed by atoms with van der Waals surface area (Å²) in [6, 6.07) is 1.64. The lowest BCUT2D eigenvalue weighted by molar-refractivity contribution is 0.285. The Bertz CT molecular complexity index is 551. The number of thiophene rings is 1. The van der Waals surface area contributed by atoms with E-state index in [1.165, 1.54) is 17.8 Å². The molecule has 1 aromatic heterocycles. The van der Waals surface area contributed by atoms with Crippen molar-refractivity contribution in [2.24, 2.45) is 5.92 Å². The highest BCUT2D eigenvalue weighted by Crippen LogP contribution is 2.30. The van der Waals surface area contributed by atoms with Gasteiger partial charge in [0.1, 0.15) is 0 Å². The zero-order chi connectivity index (χ0) is 14.8. The van der Waals surface area contributed by atoms with Gasteiger partial charge in [-0.2, -0.15) is 0 Å². The van der Waals surface area contributed by atoms with E-state index < -0.39 is 10.0 Å². The predicted molar refractivity (Wildman–Crippen MR) is 81.3 cm³/mol. The Hall–Kier alpha value is -0.430. The van der Waals surface area contributed by atoms with Crippen molar-refractivity contribution in [3.63, 3.8) is 0 Å². The number of aliphatic hydroxyl groups excluding tert-OH is 1. The third-order valence-electron chi connectivity index (χ3n) is 4.05. The Morgan fingerprint density at radius 2 is 2.20 bits per heavy atom. The van der Waals surface area contributed by atoms with Crippen LogP contribution in [0.5, 0.6) is 0 Å². The van der Waals surface area contributed by atoms with Crippen molar-refractivity contribution in [3.05, 3.63) is 15.8 Å². The fraction of sp³-hybridized carbons (Fsp3) is 0.714. The van der Waals surface area contributed by atoms with Crippen LogP contribution in [0.4, 0.5) is 0 Å². The first-order valence-corrected chi connectivity index (χ1v) is 9.48. The molecule has 1 aliphatic rings. The number of aryl methyl sites for hydroxylation is 1. The number of sulfonamides is 1. The molecule has 1 aromatic rings. The molecule has 2 rings (SSSR count). The van der Waals surface area contributed by atoms with Crippen molar-refractivity contribution >= 4 is 21.4 Å². The molecule has 0 saturated heterocycles. The van der Waals surface area contributed by atoms with Crippen LogP contribution < -0.4 is 4.72 Å². The molecule has 6 heteroatoms. The first-order valence-electron chi connectivity index (χ1n) is 7.18. The van der Waals surface area contributed by atoms with Crippen LogP contribution in [0.1, 0.15) is 48.8 Å². The fourth-order valence-corrected chi connectivity index (χ4v) is 5.70. The molecule has 20 heavy (non-hydrogen) atoms. The van der Waals surface area contributed by atoms with Crippen molar-refractivity contribution < 1.29 is 13.5 Å². The van der Waals surface area contributed by atoms with Crippen molar-refractivity contribution in [3.8, 4) is 0 Å². The second-order valence-electron chi connectivity index (χ2n) is 5.55. The zero-order valence-corrected chi connectivity index (χ0v) is 13.7. The third kappa shape index (κ3) is 3.61. The van der Waals surface area contributed by atoms with Crippen LogP contribution in [0.2, 0.25) is 0 Å². The van der Waals surface area contributed by atoms with E-state index in [0.29, 0.717) is 15.7 Å². The molecule has 0 radical (unpaired) electrons. The third-order valence-corrected chi connectivity index (χ3v) is 6.86. The van der Waals surface area contributed by atoms with Gasteiger partial charge in [-0.05, 0) is 31.7 Å². The van der Waals surface area contributed by atoms with Crippen molar-refractivity contribution in [2.45, 2.75) is 63.5 Å². The van der Waals surface area contributed by atoms with Crippen LogP contribution in [0, 0.1) is 12.8 Å². The molecule has 1 aliphatic carbocycles. The Morgan fingerprint density at radius 3 is 2.80 bits per heavy atom. The molecule has 0 spiro atoms. The summed E-state index contributed by atoms with van der Waals surface area (Å²) in [6.45, 7) is 3.84. The molecular formula is C14H23NO3S2. The van der Waals surface area contributed by atoms with Crippen LogP contribution in [0.25, 0.3) is 0 Å². The standard InChI is InChI=1S/C14H23NO3S2/c1-3-11-5-4-6-12(7-11)15-20(17,18)14-8-13(9-16)19-10(14)2/h8,11-12,15-16H,3-7,9H2,1-2H3. The van der Waals surface area contributed by atoms with Crippen LogP contribution in [-0.4, -0.2) is 19.6 Å². The van der Waals surface area contributed by atoms with E-state index in [4.69, 9.17) is 5.11 Å². The van der Waals surface area contributed by atoms with Crippen LogP contribution >= 0.6 is 11.3 Å². The molecule has 0 aromatic carbocycles. The van der Waals surface area contributed by atoms with Gasteiger partial charge in [-0.15, -0.1) is 11.3 Å². The van der Waals surface area contributed by atoms with E-state index in [2.05, 4.69) is 11.6 Å². The van der Waals surface area contributed by atoms with E-state index in [-0.39, 0.29) is 12.6 Å². The van der Waals surface area contributed by atoms with Gasteiger partial charge in [0.25, 0.3) is 0 Å². The first kappa shape index (κ1) is 15.9. The smallest absolute Gasteiger partial charge is 0.241 e. The van der Waals surface area contributed by atoms with Crippen LogP contribution in [0.15, 0.2) is 11.0 Å². The minimum absolute atomic E-state index is 0.0515. The summed E-state index contributed by atoms with van der Waals surface area (Å²) < 4.78 is 27.8. The largest absolute Gasteiger partial charge is 0.391 e. The quantitative estimate of drug-likeness (QED) is 0.877. The molecular weight excluding hydrogens is 294 g/mol. The van der Waals surface area contributed by atoms with Crippen LogP contribution in [0.3, 0.4) is 0 Å². The number of aliphatic hydroxyl groups is 1. The van der Waals surface area contributed by atoms with Crippen LogP contribution in [-0.2, 0) is 16.6 Å². The molecule has 0 amide bonds.